The van der Waals surface area contributed by atoms with E-state index in [-0.39, 0.29) is 0 Å². The maximum absolute atomic E-state index is 12.3. The van der Waals surface area contributed by atoms with Crippen LogP contribution in [0.1, 0.15) is 36.8 Å². The summed E-state index contributed by atoms with van der Waals surface area (Å²) in [7, 11) is -3.83. The Morgan fingerprint density at radius 3 is 2.53 bits per heavy atom. The molecular weight excluding hydrogens is 400 g/mol. The van der Waals surface area contributed by atoms with Gasteiger partial charge in [-0.05, 0) is 67.4 Å². The van der Waals surface area contributed by atoms with E-state index in [2.05, 4.69) is 4.72 Å². The van der Waals surface area contributed by atoms with E-state index in [0.29, 0.717) is 24.8 Å². The number of piperidine rings is 1. The number of benzene rings is 2. The van der Waals surface area contributed by atoms with Crippen molar-refractivity contribution in [1.82, 2.24) is 9.62 Å². The second-order valence-corrected chi connectivity index (χ2v) is 9.22. The zero-order valence-electron chi connectivity index (χ0n) is 16.9. The topological polar surface area (TPSA) is 86.7 Å². The van der Waals surface area contributed by atoms with Crippen molar-refractivity contribution < 1.29 is 18.3 Å². The molecule has 2 amide bonds. The Morgan fingerprint density at radius 1 is 1.10 bits per heavy atom. The quantitative estimate of drug-likeness (QED) is 0.694. The number of urea groups is 1. The summed E-state index contributed by atoms with van der Waals surface area (Å²) < 4.78 is 26.4. The number of carbonyl (C=O) groups excluding carboxylic acids is 1. The highest BCUT2D eigenvalue weighted by molar-refractivity contribution is 7.93. The van der Waals surface area contributed by atoms with E-state index in [1.54, 1.807) is 29.2 Å². The van der Waals surface area contributed by atoms with Crippen molar-refractivity contribution in [2.24, 2.45) is 5.92 Å². The zero-order valence-corrected chi connectivity index (χ0v) is 17.7. The first-order chi connectivity index (χ1) is 14.4. The van der Waals surface area contributed by atoms with Crippen LogP contribution in [0.3, 0.4) is 0 Å². The van der Waals surface area contributed by atoms with Gasteiger partial charge in [-0.15, -0.1) is 0 Å². The van der Waals surface area contributed by atoms with Gasteiger partial charge in [0, 0.05) is 13.1 Å². The first-order valence-electron chi connectivity index (χ1n) is 10.2. The third-order valence-electron chi connectivity index (χ3n) is 5.36. The molecule has 1 saturated heterocycles. The molecule has 0 spiro atoms. The van der Waals surface area contributed by atoms with Gasteiger partial charge in [0.05, 0.1) is 5.41 Å². The molecule has 2 aromatic carbocycles. The maximum atomic E-state index is 12.3. The number of nitrogens with one attached hydrogen (secondary N) is 1. The van der Waals surface area contributed by atoms with Crippen LogP contribution in [0.15, 0.2) is 60.0 Å². The highest BCUT2D eigenvalue weighted by Crippen LogP contribution is 2.23. The van der Waals surface area contributed by atoms with Crippen LogP contribution in [0, 0.1) is 5.92 Å². The molecule has 3 rings (SSSR count). The number of hydrogen-bond acceptors (Lipinski definition) is 4. The molecular formula is C23H28N2O4S. The molecule has 7 heteroatoms. The fourth-order valence-corrected chi connectivity index (χ4v) is 4.46. The number of aromatic hydroxyl groups is 1. The van der Waals surface area contributed by atoms with Gasteiger partial charge in [0.25, 0.3) is 10.0 Å². The Labute approximate surface area is 178 Å². The molecule has 160 valence electrons. The fraction of sp³-hybridized carbons (Fsp3) is 0.348. The molecule has 1 heterocycles. The Balaban J connectivity index is 1.40. The third kappa shape index (κ3) is 6.91. The Hall–Kier alpha value is -2.80. The highest BCUT2D eigenvalue weighted by Gasteiger charge is 2.24. The number of phenols is 1. The molecule has 30 heavy (non-hydrogen) atoms. The van der Waals surface area contributed by atoms with Crippen LogP contribution in [0.25, 0.3) is 6.08 Å². The molecule has 1 aliphatic rings. The van der Waals surface area contributed by atoms with E-state index in [1.807, 2.05) is 30.3 Å². The van der Waals surface area contributed by atoms with E-state index in [0.717, 1.165) is 48.6 Å². The van der Waals surface area contributed by atoms with Crippen LogP contribution in [0.5, 0.6) is 5.75 Å². The van der Waals surface area contributed by atoms with Crippen molar-refractivity contribution in [3.63, 3.8) is 0 Å². The standard InChI is InChI=1S/C23H28N2O4S/c26-22-11-5-10-21(18-22)9-4-8-20-12-15-25(16-13-20)23(27)24-30(28,29)17-14-19-6-2-1-3-7-19/h1-3,5-7,10-11,14,17-18,20,26H,4,8-9,12-13,15-16H2,(H,24,27)/b17-14+. The first-order valence-corrected chi connectivity index (χ1v) is 11.8. The summed E-state index contributed by atoms with van der Waals surface area (Å²) in [6.07, 6.45) is 6.21. The van der Waals surface area contributed by atoms with Gasteiger partial charge in [-0.25, -0.2) is 17.9 Å². The van der Waals surface area contributed by atoms with Gasteiger partial charge in [-0.3, -0.25) is 0 Å². The van der Waals surface area contributed by atoms with Crippen molar-refractivity contribution >= 4 is 22.1 Å². The summed E-state index contributed by atoms with van der Waals surface area (Å²) in [5.41, 5.74) is 1.88. The van der Waals surface area contributed by atoms with Crippen molar-refractivity contribution in [2.45, 2.75) is 32.1 Å². The Bertz CT molecular complexity index is 966. The largest absolute Gasteiger partial charge is 0.508 e. The van der Waals surface area contributed by atoms with Gasteiger partial charge in [-0.2, -0.15) is 0 Å². The average molecular weight is 429 g/mol. The van der Waals surface area contributed by atoms with E-state index < -0.39 is 16.1 Å². The normalized spacial score (nSPS) is 15.4. The fourth-order valence-electron chi connectivity index (χ4n) is 3.68. The van der Waals surface area contributed by atoms with Crippen LogP contribution < -0.4 is 4.72 Å². The van der Waals surface area contributed by atoms with Gasteiger partial charge < -0.3 is 10.0 Å². The van der Waals surface area contributed by atoms with Crippen LogP contribution >= 0.6 is 0 Å². The summed E-state index contributed by atoms with van der Waals surface area (Å²) >= 11 is 0. The lowest BCUT2D eigenvalue weighted by Gasteiger charge is -2.31. The van der Waals surface area contributed by atoms with E-state index in [4.69, 9.17) is 0 Å². The Morgan fingerprint density at radius 2 is 1.83 bits per heavy atom. The van der Waals surface area contributed by atoms with E-state index in [9.17, 15) is 18.3 Å². The lowest BCUT2D eigenvalue weighted by molar-refractivity contribution is 0.172. The predicted octanol–water partition coefficient (Wildman–Crippen LogP) is 4.14. The smallest absolute Gasteiger partial charge is 0.331 e. The van der Waals surface area contributed by atoms with Gasteiger partial charge in [0.1, 0.15) is 5.75 Å². The molecule has 0 saturated carbocycles. The predicted molar refractivity (Wildman–Crippen MR) is 118 cm³/mol. The van der Waals surface area contributed by atoms with Crippen molar-refractivity contribution in [3.8, 4) is 5.75 Å². The summed E-state index contributed by atoms with van der Waals surface area (Å²) in [6, 6.07) is 15.8. The monoisotopic (exact) mass is 428 g/mol. The zero-order chi connectivity index (χ0) is 21.4. The number of likely N-dealkylation sites (tertiary alicyclic amines) is 1. The molecule has 1 aliphatic heterocycles. The minimum absolute atomic E-state index is 0.292. The molecule has 0 atom stereocenters. The number of amides is 2. The molecule has 0 unspecified atom stereocenters. The molecule has 1 fully saturated rings. The Kier molecular flexibility index (Phi) is 7.52. The summed E-state index contributed by atoms with van der Waals surface area (Å²) in [5, 5.41) is 10.5. The average Bonchev–Trinajstić information content (AvgIpc) is 2.73. The molecule has 0 aliphatic carbocycles. The summed E-state index contributed by atoms with van der Waals surface area (Å²) in [6.45, 7) is 1.11. The number of hydrogen-bond donors (Lipinski definition) is 2. The lowest BCUT2D eigenvalue weighted by atomic mass is 9.91. The van der Waals surface area contributed by atoms with Crippen LogP contribution in [0.2, 0.25) is 0 Å². The maximum Gasteiger partial charge on any atom is 0.331 e. The number of carbonyl (C=O) groups is 1. The van der Waals surface area contributed by atoms with Gasteiger partial charge in [0.2, 0.25) is 0 Å². The molecule has 6 nitrogen and oxygen atoms in total. The van der Waals surface area contributed by atoms with Crippen molar-refractivity contribution in [3.05, 3.63) is 71.1 Å². The lowest BCUT2D eigenvalue weighted by Crippen LogP contribution is -2.45. The molecule has 2 aromatic rings. The van der Waals surface area contributed by atoms with Gasteiger partial charge >= 0.3 is 6.03 Å². The number of sulfonamides is 1. The second-order valence-electron chi connectivity index (χ2n) is 7.66. The number of phenolic OH excluding ortho intramolecular Hbond substituents is 1. The summed E-state index contributed by atoms with van der Waals surface area (Å²) in [4.78, 5) is 13.9. The van der Waals surface area contributed by atoms with Crippen LogP contribution in [-0.2, 0) is 16.4 Å². The second kappa shape index (κ2) is 10.3. The van der Waals surface area contributed by atoms with E-state index in [1.165, 1.54) is 6.08 Å². The summed E-state index contributed by atoms with van der Waals surface area (Å²) in [5.74, 6) is 0.821. The number of nitrogens with zero attached hydrogens (tertiary/aromatic N) is 1. The molecule has 0 aromatic heterocycles. The highest BCUT2D eigenvalue weighted by atomic mass is 32.2. The number of aryl methyl sites for hydroxylation is 1. The third-order valence-corrected chi connectivity index (χ3v) is 6.31. The van der Waals surface area contributed by atoms with E-state index >= 15 is 0 Å². The number of rotatable bonds is 7. The van der Waals surface area contributed by atoms with Gasteiger partial charge in [0.15, 0.2) is 0 Å². The molecule has 0 radical (unpaired) electrons. The van der Waals surface area contributed by atoms with Gasteiger partial charge in [-0.1, -0.05) is 42.5 Å². The minimum Gasteiger partial charge on any atom is -0.508 e. The van der Waals surface area contributed by atoms with Crippen LogP contribution in [0.4, 0.5) is 4.79 Å². The molecule has 0 bridgehead atoms. The molecule has 2 N–H and O–H groups in total. The van der Waals surface area contributed by atoms with Crippen LogP contribution in [-0.4, -0.2) is 37.5 Å². The SMILES string of the molecule is O=C(NS(=O)(=O)/C=C/c1ccccc1)N1CCC(CCCc2cccc(O)c2)CC1. The van der Waals surface area contributed by atoms with Crippen molar-refractivity contribution in [2.75, 3.05) is 13.1 Å². The van der Waals surface area contributed by atoms with Crippen molar-refractivity contribution in [1.29, 1.82) is 0 Å². The minimum atomic E-state index is -3.83. The first kappa shape index (κ1) is 21.9.